The Morgan fingerprint density at radius 1 is 1.31 bits per heavy atom. The van der Waals surface area contributed by atoms with E-state index in [4.69, 9.17) is 0 Å². The lowest BCUT2D eigenvalue weighted by Gasteiger charge is -2.15. The van der Waals surface area contributed by atoms with Gasteiger partial charge in [0.1, 0.15) is 0 Å². The van der Waals surface area contributed by atoms with Gasteiger partial charge >= 0.3 is 0 Å². The van der Waals surface area contributed by atoms with Crippen molar-refractivity contribution in [1.29, 1.82) is 0 Å². The van der Waals surface area contributed by atoms with E-state index in [2.05, 4.69) is 21.2 Å². The molecule has 13 heavy (non-hydrogen) atoms. The molecular weight excluding hydrogens is 162 g/mol. The van der Waals surface area contributed by atoms with Gasteiger partial charge in [-0.25, -0.2) is 0 Å². The summed E-state index contributed by atoms with van der Waals surface area (Å²) >= 11 is 0. The first kappa shape index (κ1) is 7.30. The van der Waals surface area contributed by atoms with Gasteiger partial charge in [-0.1, -0.05) is 0 Å². The lowest BCUT2D eigenvalue weighted by Crippen LogP contribution is -2.21. The van der Waals surface area contributed by atoms with E-state index in [9.17, 15) is 0 Å². The summed E-state index contributed by atoms with van der Waals surface area (Å²) in [5.41, 5.74) is 0.678. The van der Waals surface area contributed by atoms with E-state index >= 15 is 0 Å². The maximum Gasteiger partial charge on any atom is 0.151 e. The molecule has 0 amide bonds. The van der Waals surface area contributed by atoms with Gasteiger partial charge in [-0.2, -0.15) is 5.10 Å². The van der Waals surface area contributed by atoms with Gasteiger partial charge in [0.15, 0.2) is 5.82 Å². The molecule has 1 saturated carbocycles. The summed E-state index contributed by atoms with van der Waals surface area (Å²) in [5, 5.41) is 8.04. The molecule has 3 heteroatoms. The average Bonchev–Trinajstić information content (AvgIpc) is 2.78. The summed E-state index contributed by atoms with van der Waals surface area (Å²) in [6, 6.07) is 4.01. The summed E-state index contributed by atoms with van der Waals surface area (Å²) in [6.07, 6.45) is 5.92. The van der Waals surface area contributed by atoms with Crippen molar-refractivity contribution in [3.63, 3.8) is 0 Å². The number of hydrogen-bond donors (Lipinski definition) is 0. The zero-order valence-electron chi connectivity index (χ0n) is 7.61. The van der Waals surface area contributed by atoms with Crippen molar-refractivity contribution in [3.8, 4) is 0 Å². The lowest BCUT2D eigenvalue weighted by atomic mass is 10.1. The predicted octanol–water partition coefficient (Wildman–Crippen LogP) is 1.47. The van der Waals surface area contributed by atoms with Crippen LogP contribution in [-0.2, 0) is 0 Å². The van der Waals surface area contributed by atoms with Crippen molar-refractivity contribution in [2.24, 2.45) is 5.41 Å². The first-order chi connectivity index (χ1) is 6.38. The molecule has 0 atom stereocenters. The molecule has 1 spiro atoms. The maximum atomic E-state index is 4.13. The van der Waals surface area contributed by atoms with Crippen molar-refractivity contribution < 1.29 is 0 Å². The number of anilines is 1. The molecule has 0 bridgehead atoms. The quantitative estimate of drug-likeness (QED) is 0.647. The fourth-order valence-corrected chi connectivity index (χ4v) is 2.18. The zero-order valence-corrected chi connectivity index (χ0v) is 7.61. The summed E-state index contributed by atoms with van der Waals surface area (Å²) in [7, 11) is 0. The molecule has 0 N–H and O–H groups in total. The third kappa shape index (κ3) is 1.19. The molecule has 1 aliphatic heterocycles. The van der Waals surface area contributed by atoms with Gasteiger partial charge in [0.25, 0.3) is 0 Å². The zero-order chi connectivity index (χ0) is 8.73. The average molecular weight is 175 g/mol. The molecule has 2 fully saturated rings. The van der Waals surface area contributed by atoms with E-state index in [1.807, 2.05) is 6.07 Å². The van der Waals surface area contributed by atoms with Gasteiger partial charge in [-0.15, -0.1) is 5.10 Å². The summed E-state index contributed by atoms with van der Waals surface area (Å²) in [5.74, 6) is 1.05. The van der Waals surface area contributed by atoms with Crippen LogP contribution in [0.5, 0.6) is 0 Å². The Labute approximate surface area is 77.8 Å². The molecule has 1 aromatic rings. The molecule has 1 saturated heterocycles. The van der Waals surface area contributed by atoms with Gasteiger partial charge in [0.2, 0.25) is 0 Å². The summed E-state index contributed by atoms with van der Waals surface area (Å²) in [6.45, 7) is 2.37. The van der Waals surface area contributed by atoms with Gasteiger partial charge in [-0.05, 0) is 36.8 Å². The highest BCUT2D eigenvalue weighted by atomic mass is 15.3. The topological polar surface area (TPSA) is 29.0 Å². The Hall–Kier alpha value is -1.12. The van der Waals surface area contributed by atoms with Crippen molar-refractivity contribution in [1.82, 2.24) is 10.2 Å². The van der Waals surface area contributed by atoms with E-state index in [1.54, 1.807) is 6.20 Å². The van der Waals surface area contributed by atoms with E-state index < -0.39 is 0 Å². The van der Waals surface area contributed by atoms with Crippen LogP contribution < -0.4 is 4.90 Å². The highest BCUT2D eigenvalue weighted by Crippen LogP contribution is 2.53. The summed E-state index contributed by atoms with van der Waals surface area (Å²) in [4.78, 5) is 2.36. The van der Waals surface area contributed by atoms with Crippen molar-refractivity contribution >= 4 is 5.82 Å². The normalized spacial score (nSPS) is 23.8. The molecule has 68 valence electrons. The van der Waals surface area contributed by atoms with Crippen molar-refractivity contribution in [3.05, 3.63) is 18.3 Å². The molecular formula is C10H13N3. The van der Waals surface area contributed by atoms with Crippen molar-refractivity contribution in [2.45, 2.75) is 19.3 Å². The van der Waals surface area contributed by atoms with Gasteiger partial charge in [0.05, 0.1) is 0 Å². The minimum absolute atomic E-state index is 0.678. The molecule has 3 rings (SSSR count). The fraction of sp³-hybridized carbons (Fsp3) is 0.600. The first-order valence-electron chi connectivity index (χ1n) is 4.91. The number of hydrogen-bond acceptors (Lipinski definition) is 3. The molecule has 0 aromatic carbocycles. The highest BCUT2D eigenvalue weighted by molar-refractivity contribution is 5.39. The number of rotatable bonds is 1. The monoisotopic (exact) mass is 175 g/mol. The van der Waals surface area contributed by atoms with Crippen LogP contribution in [0, 0.1) is 5.41 Å². The Morgan fingerprint density at radius 2 is 2.23 bits per heavy atom. The minimum Gasteiger partial charge on any atom is -0.355 e. The second kappa shape index (κ2) is 2.44. The van der Waals surface area contributed by atoms with Crippen molar-refractivity contribution in [2.75, 3.05) is 18.0 Å². The second-order valence-corrected chi connectivity index (χ2v) is 4.25. The fourth-order valence-electron chi connectivity index (χ4n) is 2.18. The van der Waals surface area contributed by atoms with Gasteiger partial charge in [-0.3, -0.25) is 0 Å². The number of aromatic nitrogens is 2. The SMILES string of the molecule is c1cnnc(N2CCC3(CC3)C2)c1. The van der Waals surface area contributed by atoms with E-state index in [-0.39, 0.29) is 0 Å². The first-order valence-corrected chi connectivity index (χ1v) is 4.91. The molecule has 2 aliphatic rings. The van der Waals surface area contributed by atoms with Crippen LogP contribution in [0.1, 0.15) is 19.3 Å². The van der Waals surface area contributed by atoms with Crippen LogP contribution >= 0.6 is 0 Å². The van der Waals surface area contributed by atoms with Crippen LogP contribution in [-0.4, -0.2) is 23.3 Å². The standard InChI is InChI=1S/C10H13N3/c1-2-9(12-11-6-1)13-7-5-10(8-13)3-4-10/h1-2,6H,3-5,7-8H2. The van der Waals surface area contributed by atoms with E-state index in [0.29, 0.717) is 5.41 Å². The molecule has 1 aliphatic carbocycles. The Morgan fingerprint density at radius 3 is 2.85 bits per heavy atom. The van der Waals surface area contributed by atoms with E-state index in [1.165, 1.54) is 32.4 Å². The van der Waals surface area contributed by atoms with Gasteiger partial charge < -0.3 is 4.90 Å². The second-order valence-electron chi connectivity index (χ2n) is 4.25. The highest BCUT2D eigenvalue weighted by Gasteiger charge is 2.47. The molecule has 3 nitrogen and oxygen atoms in total. The van der Waals surface area contributed by atoms with E-state index in [0.717, 1.165) is 5.82 Å². The third-order valence-electron chi connectivity index (χ3n) is 3.28. The Kier molecular flexibility index (Phi) is 1.37. The number of nitrogens with zero attached hydrogens (tertiary/aromatic N) is 3. The summed E-state index contributed by atoms with van der Waals surface area (Å²) < 4.78 is 0. The van der Waals surface area contributed by atoms with Crippen LogP contribution in [0.15, 0.2) is 18.3 Å². The van der Waals surface area contributed by atoms with Crippen LogP contribution in [0.25, 0.3) is 0 Å². The smallest absolute Gasteiger partial charge is 0.151 e. The minimum atomic E-state index is 0.678. The Balaban J connectivity index is 1.80. The van der Waals surface area contributed by atoms with Crippen LogP contribution in [0.2, 0.25) is 0 Å². The lowest BCUT2D eigenvalue weighted by molar-refractivity contribution is 0.580. The largest absolute Gasteiger partial charge is 0.355 e. The predicted molar refractivity (Wildman–Crippen MR) is 50.5 cm³/mol. The Bertz CT molecular complexity index is 305. The molecule has 2 heterocycles. The van der Waals surface area contributed by atoms with Gasteiger partial charge in [0, 0.05) is 19.3 Å². The maximum absolute atomic E-state index is 4.13. The van der Waals surface area contributed by atoms with Crippen LogP contribution in [0.3, 0.4) is 0 Å². The molecule has 0 radical (unpaired) electrons. The molecule has 0 unspecified atom stereocenters. The molecule has 1 aromatic heterocycles. The van der Waals surface area contributed by atoms with Crippen LogP contribution in [0.4, 0.5) is 5.82 Å². The third-order valence-corrected chi connectivity index (χ3v) is 3.28.